The molecule has 0 aliphatic heterocycles. The number of urea groups is 1. The third-order valence-corrected chi connectivity index (χ3v) is 7.20. The maximum absolute atomic E-state index is 12.2. The number of nitrogens with one attached hydrogen (secondary N) is 3. The molecule has 14 nitrogen and oxygen atoms in total. The van der Waals surface area contributed by atoms with Gasteiger partial charge in [0.2, 0.25) is 5.91 Å². The Morgan fingerprint density at radius 1 is 0.674 bits per heavy atom. The van der Waals surface area contributed by atoms with E-state index in [1.807, 2.05) is 36.4 Å². The van der Waals surface area contributed by atoms with Crippen LogP contribution in [0.2, 0.25) is 0 Å². The topological polar surface area (TPSA) is 211 Å². The summed E-state index contributed by atoms with van der Waals surface area (Å²) in [6, 6.07) is 8.11. The number of carboxylic acid groups (broad SMARTS) is 3. The van der Waals surface area contributed by atoms with Crippen molar-refractivity contribution >= 4 is 29.8 Å². The number of aromatic nitrogens is 2. The average Bonchev–Trinajstić information content (AvgIpc) is 3.02. The summed E-state index contributed by atoms with van der Waals surface area (Å²) < 4.78 is 0. The normalized spacial score (nSPS) is 12.2. The van der Waals surface area contributed by atoms with E-state index in [0.29, 0.717) is 25.8 Å². The standard InChI is InChI=1S/C32H46N6O8/c39-28(35-20-10-7-14-26(30(42)43)36-32(46)37-27(31(44)45)16-17-29(40)41)15-4-2-1-3-11-21-38(22-24-12-5-8-18-33-24)23-25-13-6-9-19-34-25/h5-6,8-9,12-13,18-19,26-27H,1-4,7,10-11,14-17,20-23H2,(H,35,39)(H,40,41)(H,42,43)(H,44,45)(H2,36,37,46). The van der Waals surface area contributed by atoms with E-state index < -0.39 is 42.4 Å². The van der Waals surface area contributed by atoms with Gasteiger partial charge in [0, 0.05) is 44.9 Å². The first-order chi connectivity index (χ1) is 22.1. The van der Waals surface area contributed by atoms with E-state index in [4.69, 9.17) is 10.2 Å². The van der Waals surface area contributed by atoms with Crippen molar-refractivity contribution in [1.82, 2.24) is 30.8 Å². The number of carbonyl (C=O) groups is 5. The van der Waals surface area contributed by atoms with E-state index in [2.05, 4.69) is 30.8 Å². The first kappa shape index (κ1) is 37.6. The zero-order valence-electron chi connectivity index (χ0n) is 26.1. The summed E-state index contributed by atoms with van der Waals surface area (Å²) in [5, 5.41) is 34.4. The van der Waals surface area contributed by atoms with Crippen LogP contribution < -0.4 is 16.0 Å². The number of pyridine rings is 2. The fraction of sp³-hybridized carbons (Fsp3) is 0.531. The second kappa shape index (κ2) is 22.0. The highest BCUT2D eigenvalue weighted by molar-refractivity contribution is 5.86. The van der Waals surface area contributed by atoms with Crippen molar-refractivity contribution < 1.29 is 39.3 Å². The van der Waals surface area contributed by atoms with Crippen molar-refractivity contribution in [2.24, 2.45) is 0 Å². The van der Waals surface area contributed by atoms with Gasteiger partial charge in [-0.05, 0) is 69.3 Å². The highest BCUT2D eigenvalue weighted by Gasteiger charge is 2.24. The molecule has 0 saturated carbocycles. The first-order valence-corrected chi connectivity index (χ1v) is 15.7. The molecule has 0 radical (unpaired) electrons. The SMILES string of the molecule is O=C(O)CCC(NC(=O)NC(CCCCNC(=O)CCCCCCCN(Cc1ccccn1)Cc1ccccn1)C(=O)O)C(=O)O. The van der Waals surface area contributed by atoms with Crippen molar-refractivity contribution in [3.63, 3.8) is 0 Å². The van der Waals surface area contributed by atoms with Crippen LogP contribution in [0.15, 0.2) is 48.8 Å². The van der Waals surface area contributed by atoms with Gasteiger partial charge in [0.1, 0.15) is 12.1 Å². The van der Waals surface area contributed by atoms with Crippen LogP contribution >= 0.6 is 0 Å². The highest BCUT2D eigenvalue weighted by atomic mass is 16.4. The fourth-order valence-electron chi connectivity index (χ4n) is 4.74. The number of hydrogen-bond acceptors (Lipinski definition) is 8. The molecule has 0 aliphatic carbocycles. The van der Waals surface area contributed by atoms with Crippen LogP contribution in [0.5, 0.6) is 0 Å². The van der Waals surface area contributed by atoms with Crippen molar-refractivity contribution in [3.05, 3.63) is 60.2 Å². The van der Waals surface area contributed by atoms with Crippen LogP contribution in [0.25, 0.3) is 0 Å². The van der Waals surface area contributed by atoms with E-state index in [0.717, 1.165) is 63.1 Å². The minimum absolute atomic E-state index is 0.0646. The van der Waals surface area contributed by atoms with Gasteiger partial charge in [-0.1, -0.05) is 31.4 Å². The fourth-order valence-corrected chi connectivity index (χ4v) is 4.74. The Hall–Kier alpha value is -4.59. The monoisotopic (exact) mass is 642 g/mol. The van der Waals surface area contributed by atoms with Gasteiger partial charge in [0.25, 0.3) is 0 Å². The summed E-state index contributed by atoms with van der Waals surface area (Å²) in [6.07, 6.45) is 9.03. The Balaban J connectivity index is 1.57. The van der Waals surface area contributed by atoms with Crippen molar-refractivity contribution in [2.45, 2.75) is 95.8 Å². The lowest BCUT2D eigenvalue weighted by Gasteiger charge is -2.21. The molecule has 0 aromatic carbocycles. The Bertz CT molecular complexity index is 1180. The maximum Gasteiger partial charge on any atom is 0.326 e. The van der Waals surface area contributed by atoms with Crippen LogP contribution in [0.1, 0.15) is 82.0 Å². The molecule has 2 aromatic rings. The third kappa shape index (κ3) is 17.0. The third-order valence-electron chi connectivity index (χ3n) is 7.20. The Kier molecular flexibility index (Phi) is 18.0. The molecule has 2 atom stereocenters. The summed E-state index contributed by atoms with van der Waals surface area (Å²) in [5.74, 6) is -3.99. The molecule has 2 rings (SSSR count). The largest absolute Gasteiger partial charge is 0.481 e. The average molecular weight is 643 g/mol. The van der Waals surface area contributed by atoms with E-state index in [1.54, 1.807) is 12.4 Å². The second-order valence-electron chi connectivity index (χ2n) is 11.0. The lowest BCUT2D eigenvalue weighted by molar-refractivity contribution is -0.140. The smallest absolute Gasteiger partial charge is 0.326 e. The molecule has 0 fully saturated rings. The minimum Gasteiger partial charge on any atom is -0.481 e. The lowest BCUT2D eigenvalue weighted by Crippen LogP contribution is -2.51. The number of unbranched alkanes of at least 4 members (excludes halogenated alkanes) is 5. The quantitative estimate of drug-likeness (QED) is 0.0916. The highest BCUT2D eigenvalue weighted by Crippen LogP contribution is 2.11. The molecule has 3 amide bonds. The van der Waals surface area contributed by atoms with Gasteiger partial charge in [-0.25, -0.2) is 14.4 Å². The summed E-state index contributed by atoms with van der Waals surface area (Å²) in [6.45, 7) is 2.80. The number of carbonyl (C=O) groups excluding carboxylic acids is 2. The number of rotatable bonds is 24. The van der Waals surface area contributed by atoms with Crippen LogP contribution in [0.3, 0.4) is 0 Å². The van der Waals surface area contributed by atoms with Crippen LogP contribution in [-0.4, -0.2) is 85.2 Å². The number of hydrogen-bond donors (Lipinski definition) is 6. The van der Waals surface area contributed by atoms with Crippen LogP contribution in [-0.2, 0) is 32.3 Å². The van der Waals surface area contributed by atoms with Crippen molar-refractivity contribution in [3.8, 4) is 0 Å². The number of aliphatic carboxylic acids is 3. The summed E-state index contributed by atoms with van der Waals surface area (Å²) in [4.78, 5) is 69.0. The second-order valence-corrected chi connectivity index (χ2v) is 11.0. The predicted octanol–water partition coefficient (Wildman–Crippen LogP) is 3.18. The molecular weight excluding hydrogens is 596 g/mol. The van der Waals surface area contributed by atoms with Crippen molar-refractivity contribution in [2.75, 3.05) is 13.1 Å². The lowest BCUT2D eigenvalue weighted by atomic mass is 10.1. The minimum atomic E-state index is -1.46. The van der Waals surface area contributed by atoms with E-state index in [9.17, 15) is 29.1 Å². The van der Waals surface area contributed by atoms with Gasteiger partial charge in [-0.3, -0.25) is 24.5 Å². The molecule has 2 unspecified atom stereocenters. The summed E-state index contributed by atoms with van der Waals surface area (Å²) in [7, 11) is 0. The molecule has 2 aromatic heterocycles. The number of nitrogens with zero attached hydrogens (tertiary/aromatic N) is 3. The van der Waals surface area contributed by atoms with E-state index >= 15 is 0 Å². The van der Waals surface area contributed by atoms with Crippen LogP contribution in [0, 0.1) is 0 Å². The molecule has 0 spiro atoms. The van der Waals surface area contributed by atoms with Gasteiger partial charge in [0.05, 0.1) is 11.4 Å². The molecule has 0 aliphatic rings. The molecule has 2 heterocycles. The van der Waals surface area contributed by atoms with Gasteiger partial charge >= 0.3 is 23.9 Å². The number of amides is 3. The Morgan fingerprint density at radius 2 is 1.24 bits per heavy atom. The molecule has 14 heteroatoms. The first-order valence-electron chi connectivity index (χ1n) is 15.7. The predicted molar refractivity (Wildman–Crippen MR) is 169 cm³/mol. The van der Waals surface area contributed by atoms with Crippen molar-refractivity contribution in [1.29, 1.82) is 0 Å². The van der Waals surface area contributed by atoms with E-state index in [-0.39, 0.29) is 18.7 Å². The molecule has 46 heavy (non-hydrogen) atoms. The van der Waals surface area contributed by atoms with Gasteiger partial charge in [-0.15, -0.1) is 0 Å². The van der Waals surface area contributed by atoms with Gasteiger partial charge in [0.15, 0.2) is 0 Å². The Labute approximate surface area is 269 Å². The zero-order chi connectivity index (χ0) is 33.6. The molecular formula is C32H46N6O8. The molecule has 0 bridgehead atoms. The molecule has 0 saturated heterocycles. The van der Waals surface area contributed by atoms with Gasteiger partial charge in [-0.2, -0.15) is 0 Å². The zero-order valence-corrected chi connectivity index (χ0v) is 26.1. The Morgan fingerprint density at radius 3 is 1.78 bits per heavy atom. The van der Waals surface area contributed by atoms with E-state index in [1.165, 1.54) is 0 Å². The number of carboxylic acids is 3. The maximum atomic E-state index is 12.2. The summed E-state index contributed by atoms with van der Waals surface area (Å²) in [5.41, 5.74) is 2.04. The molecule has 6 N–H and O–H groups in total. The molecule has 252 valence electrons. The summed E-state index contributed by atoms with van der Waals surface area (Å²) >= 11 is 0. The van der Waals surface area contributed by atoms with Crippen LogP contribution in [0.4, 0.5) is 4.79 Å². The van der Waals surface area contributed by atoms with Gasteiger partial charge < -0.3 is 31.3 Å².